The summed E-state index contributed by atoms with van der Waals surface area (Å²) >= 11 is 0. The molecule has 1 aliphatic rings. The Morgan fingerprint density at radius 1 is 1.37 bits per heavy atom. The molecule has 27 heavy (non-hydrogen) atoms. The molecule has 7 heteroatoms. The number of aryl methyl sites for hydroxylation is 3. The van der Waals surface area contributed by atoms with Crippen LogP contribution in [0.2, 0.25) is 0 Å². The molecule has 0 aliphatic carbocycles. The summed E-state index contributed by atoms with van der Waals surface area (Å²) < 4.78 is 7.72. The fourth-order valence-corrected chi connectivity index (χ4v) is 3.49. The fourth-order valence-electron chi connectivity index (χ4n) is 3.49. The van der Waals surface area contributed by atoms with Gasteiger partial charge in [-0.25, -0.2) is 9.78 Å². The van der Waals surface area contributed by atoms with Crippen LogP contribution >= 0.6 is 0 Å². The van der Waals surface area contributed by atoms with Gasteiger partial charge in [-0.05, 0) is 57.8 Å². The first-order valence-electron chi connectivity index (χ1n) is 9.67. The minimum absolute atomic E-state index is 0.00985. The highest BCUT2D eigenvalue weighted by molar-refractivity contribution is 5.73. The third kappa shape index (κ3) is 5.13. The first-order valence-corrected chi connectivity index (χ1v) is 9.67. The minimum Gasteiger partial charge on any atom is -0.444 e. The van der Waals surface area contributed by atoms with Crippen LogP contribution in [0.25, 0.3) is 0 Å². The number of carbonyl (C=O) groups excluding carboxylic acids is 1. The zero-order chi connectivity index (χ0) is 19.4. The normalized spacial score (nSPS) is 15.9. The van der Waals surface area contributed by atoms with Crippen molar-refractivity contribution >= 4 is 6.03 Å². The Bertz CT molecular complexity index is 739. The van der Waals surface area contributed by atoms with Crippen molar-refractivity contribution in [1.82, 2.24) is 24.7 Å². The standard InChI is InChI=1S/C20H31N5O2/c1-15-16(2)27-19(22-15)14-25-10-7-17(8-11-25)12-21-20(26)24(4)13-18-6-5-9-23(18)3/h5-6,9,17H,7-8,10-14H2,1-4H3,(H,21,26). The van der Waals surface area contributed by atoms with Crippen molar-refractivity contribution in [2.24, 2.45) is 13.0 Å². The molecule has 0 aromatic carbocycles. The van der Waals surface area contributed by atoms with Crippen molar-refractivity contribution in [1.29, 1.82) is 0 Å². The maximum atomic E-state index is 12.3. The molecule has 2 amide bonds. The lowest BCUT2D eigenvalue weighted by Crippen LogP contribution is -2.42. The number of amides is 2. The number of nitrogens with zero attached hydrogens (tertiary/aromatic N) is 4. The largest absolute Gasteiger partial charge is 0.444 e. The van der Waals surface area contributed by atoms with Crippen LogP contribution in [0.15, 0.2) is 22.7 Å². The predicted octanol–water partition coefficient (Wildman–Crippen LogP) is 2.68. The number of oxazole rings is 1. The Labute approximate surface area is 161 Å². The predicted molar refractivity (Wildman–Crippen MR) is 104 cm³/mol. The highest BCUT2D eigenvalue weighted by Gasteiger charge is 2.22. The highest BCUT2D eigenvalue weighted by atomic mass is 16.4. The third-order valence-electron chi connectivity index (χ3n) is 5.48. The molecule has 3 heterocycles. The van der Waals surface area contributed by atoms with E-state index >= 15 is 0 Å². The molecule has 1 saturated heterocycles. The molecule has 1 aliphatic heterocycles. The number of likely N-dealkylation sites (tertiary alicyclic amines) is 1. The number of nitrogens with one attached hydrogen (secondary N) is 1. The lowest BCUT2D eigenvalue weighted by Gasteiger charge is -2.31. The Hall–Kier alpha value is -2.28. The van der Waals surface area contributed by atoms with Gasteiger partial charge in [0, 0.05) is 32.5 Å². The molecule has 2 aromatic heterocycles. The first-order chi connectivity index (χ1) is 12.9. The van der Waals surface area contributed by atoms with E-state index in [0.717, 1.165) is 62.1 Å². The number of aromatic nitrogens is 2. The number of urea groups is 1. The van der Waals surface area contributed by atoms with E-state index in [9.17, 15) is 4.79 Å². The lowest BCUT2D eigenvalue weighted by atomic mass is 9.97. The second kappa shape index (κ2) is 8.61. The summed E-state index contributed by atoms with van der Waals surface area (Å²) in [7, 11) is 3.83. The maximum Gasteiger partial charge on any atom is 0.317 e. The van der Waals surface area contributed by atoms with Crippen molar-refractivity contribution < 1.29 is 9.21 Å². The Balaban J connectivity index is 1.37. The van der Waals surface area contributed by atoms with Crippen molar-refractivity contribution in [3.05, 3.63) is 41.4 Å². The molecule has 0 spiro atoms. The van der Waals surface area contributed by atoms with Crippen LogP contribution < -0.4 is 5.32 Å². The minimum atomic E-state index is -0.00985. The summed E-state index contributed by atoms with van der Waals surface area (Å²) in [5.74, 6) is 2.24. The molecule has 0 radical (unpaired) electrons. The quantitative estimate of drug-likeness (QED) is 0.845. The van der Waals surface area contributed by atoms with E-state index in [-0.39, 0.29) is 6.03 Å². The second-order valence-corrected chi connectivity index (χ2v) is 7.62. The molecule has 0 bridgehead atoms. The number of carbonyl (C=O) groups is 1. The van der Waals surface area contributed by atoms with Crippen molar-refractivity contribution in [3.63, 3.8) is 0 Å². The van der Waals surface area contributed by atoms with Gasteiger partial charge in [0.05, 0.1) is 18.8 Å². The first kappa shape index (κ1) is 19.5. The molecule has 7 nitrogen and oxygen atoms in total. The fraction of sp³-hybridized carbons (Fsp3) is 0.600. The molecule has 0 atom stereocenters. The van der Waals surface area contributed by atoms with E-state index in [0.29, 0.717) is 12.5 Å². The van der Waals surface area contributed by atoms with Gasteiger partial charge >= 0.3 is 6.03 Å². The molecule has 0 unspecified atom stereocenters. The van der Waals surface area contributed by atoms with Crippen molar-refractivity contribution in [3.8, 4) is 0 Å². The summed E-state index contributed by atoms with van der Waals surface area (Å²) in [4.78, 5) is 20.9. The summed E-state index contributed by atoms with van der Waals surface area (Å²) in [6, 6.07) is 4.02. The average Bonchev–Trinajstić information content (AvgIpc) is 3.19. The molecule has 1 N–H and O–H groups in total. The van der Waals surface area contributed by atoms with Gasteiger partial charge < -0.3 is 19.2 Å². The van der Waals surface area contributed by atoms with E-state index in [1.165, 1.54) is 0 Å². The van der Waals surface area contributed by atoms with Gasteiger partial charge in [0.15, 0.2) is 0 Å². The van der Waals surface area contributed by atoms with Gasteiger partial charge in [-0.1, -0.05) is 0 Å². The van der Waals surface area contributed by atoms with Gasteiger partial charge in [0.2, 0.25) is 5.89 Å². The van der Waals surface area contributed by atoms with Crippen LogP contribution in [0, 0.1) is 19.8 Å². The smallest absolute Gasteiger partial charge is 0.317 e. The van der Waals surface area contributed by atoms with E-state index < -0.39 is 0 Å². The SMILES string of the molecule is Cc1nc(CN2CCC(CNC(=O)N(C)Cc3cccn3C)CC2)oc1C. The lowest BCUT2D eigenvalue weighted by molar-refractivity contribution is 0.159. The highest BCUT2D eigenvalue weighted by Crippen LogP contribution is 2.19. The number of hydrogen-bond acceptors (Lipinski definition) is 4. The van der Waals surface area contributed by atoms with Gasteiger partial charge in [-0.3, -0.25) is 4.90 Å². The molecule has 0 saturated carbocycles. The van der Waals surface area contributed by atoms with E-state index in [4.69, 9.17) is 4.42 Å². The molecule has 148 valence electrons. The van der Waals surface area contributed by atoms with Crippen LogP contribution in [0.3, 0.4) is 0 Å². The van der Waals surface area contributed by atoms with Crippen molar-refractivity contribution in [2.75, 3.05) is 26.7 Å². The van der Waals surface area contributed by atoms with Crippen LogP contribution in [-0.2, 0) is 20.1 Å². The number of piperidine rings is 1. The average molecular weight is 374 g/mol. The van der Waals surface area contributed by atoms with Gasteiger partial charge in [0.1, 0.15) is 5.76 Å². The summed E-state index contributed by atoms with van der Waals surface area (Å²) in [5.41, 5.74) is 2.10. The zero-order valence-corrected chi connectivity index (χ0v) is 16.9. The van der Waals surface area contributed by atoms with Crippen LogP contribution in [-0.4, -0.2) is 52.1 Å². The molecule has 1 fully saturated rings. The second-order valence-electron chi connectivity index (χ2n) is 7.62. The Kier molecular flexibility index (Phi) is 6.21. The van der Waals surface area contributed by atoms with Gasteiger partial charge in [0.25, 0.3) is 0 Å². The summed E-state index contributed by atoms with van der Waals surface area (Å²) in [5, 5.41) is 3.09. The third-order valence-corrected chi connectivity index (χ3v) is 5.48. The van der Waals surface area contributed by atoms with E-state index in [1.54, 1.807) is 4.90 Å². The van der Waals surface area contributed by atoms with Crippen LogP contribution in [0.1, 0.15) is 35.9 Å². The van der Waals surface area contributed by atoms with E-state index in [1.807, 2.05) is 50.8 Å². The number of hydrogen-bond donors (Lipinski definition) is 1. The number of rotatable bonds is 6. The van der Waals surface area contributed by atoms with Crippen LogP contribution in [0.5, 0.6) is 0 Å². The Morgan fingerprint density at radius 3 is 2.70 bits per heavy atom. The molecule has 2 aromatic rings. The van der Waals surface area contributed by atoms with Gasteiger partial charge in [-0.2, -0.15) is 0 Å². The molecular formula is C20H31N5O2. The Morgan fingerprint density at radius 2 is 2.11 bits per heavy atom. The molecule has 3 rings (SSSR count). The van der Waals surface area contributed by atoms with Gasteiger partial charge in [-0.15, -0.1) is 0 Å². The maximum absolute atomic E-state index is 12.3. The van der Waals surface area contributed by atoms with Crippen molar-refractivity contribution in [2.45, 2.75) is 39.8 Å². The van der Waals surface area contributed by atoms with E-state index in [2.05, 4.69) is 15.2 Å². The molecular weight excluding hydrogens is 342 g/mol. The monoisotopic (exact) mass is 373 g/mol. The summed E-state index contributed by atoms with van der Waals surface area (Å²) in [6.07, 6.45) is 4.16. The zero-order valence-electron chi connectivity index (χ0n) is 16.9. The summed E-state index contributed by atoms with van der Waals surface area (Å²) in [6.45, 7) is 8.08. The van der Waals surface area contributed by atoms with Crippen LogP contribution in [0.4, 0.5) is 4.79 Å². The topological polar surface area (TPSA) is 66.5 Å².